The van der Waals surface area contributed by atoms with E-state index in [9.17, 15) is 4.79 Å². The average Bonchev–Trinajstić information content (AvgIpc) is 2.78. The van der Waals surface area contributed by atoms with Crippen LogP contribution in [0, 0.1) is 6.92 Å². The fourth-order valence-electron chi connectivity index (χ4n) is 2.18. The van der Waals surface area contributed by atoms with E-state index < -0.39 is 0 Å². The lowest BCUT2D eigenvalue weighted by molar-refractivity contribution is -0.116. The molecule has 3 aromatic rings. The van der Waals surface area contributed by atoms with E-state index in [4.69, 9.17) is 11.6 Å². The van der Waals surface area contributed by atoms with Gasteiger partial charge in [0.2, 0.25) is 11.2 Å². The first-order valence-corrected chi connectivity index (χ1v) is 6.98. The van der Waals surface area contributed by atoms with Crippen LogP contribution in [-0.2, 0) is 11.3 Å². The van der Waals surface area contributed by atoms with E-state index in [1.165, 1.54) is 0 Å². The molecule has 0 aliphatic rings. The van der Waals surface area contributed by atoms with E-state index in [0.29, 0.717) is 5.28 Å². The van der Waals surface area contributed by atoms with Crippen molar-refractivity contribution in [2.75, 3.05) is 5.32 Å². The molecule has 1 heterocycles. The number of fused-ring (bicyclic) bond motifs is 1. The van der Waals surface area contributed by atoms with Gasteiger partial charge in [0, 0.05) is 5.69 Å². The third-order valence-electron chi connectivity index (χ3n) is 3.25. The van der Waals surface area contributed by atoms with Crippen molar-refractivity contribution in [1.82, 2.24) is 9.55 Å². The zero-order valence-corrected chi connectivity index (χ0v) is 12.3. The molecule has 0 saturated carbocycles. The van der Waals surface area contributed by atoms with Crippen LogP contribution < -0.4 is 5.32 Å². The minimum Gasteiger partial charge on any atom is -0.325 e. The molecule has 1 aromatic heterocycles. The number of nitrogens with zero attached hydrogens (tertiary/aromatic N) is 2. The van der Waals surface area contributed by atoms with E-state index in [2.05, 4.69) is 10.3 Å². The van der Waals surface area contributed by atoms with Crippen molar-refractivity contribution >= 4 is 34.2 Å². The SMILES string of the molecule is Cc1ccc(NC(=O)Cn2c(Cl)nc3ccccc32)cc1. The monoisotopic (exact) mass is 299 g/mol. The van der Waals surface area contributed by atoms with Gasteiger partial charge in [-0.3, -0.25) is 4.79 Å². The lowest BCUT2D eigenvalue weighted by Crippen LogP contribution is -2.18. The van der Waals surface area contributed by atoms with Crippen LogP contribution in [0.5, 0.6) is 0 Å². The minimum atomic E-state index is -0.135. The van der Waals surface area contributed by atoms with Gasteiger partial charge in [0.1, 0.15) is 6.54 Å². The van der Waals surface area contributed by atoms with Gasteiger partial charge < -0.3 is 9.88 Å². The molecule has 106 valence electrons. The van der Waals surface area contributed by atoms with Crippen LogP contribution in [-0.4, -0.2) is 15.5 Å². The quantitative estimate of drug-likeness (QED) is 0.802. The summed E-state index contributed by atoms with van der Waals surface area (Å²) in [6, 6.07) is 15.2. The molecule has 0 aliphatic carbocycles. The summed E-state index contributed by atoms with van der Waals surface area (Å²) < 4.78 is 1.69. The average molecular weight is 300 g/mol. The summed E-state index contributed by atoms with van der Waals surface area (Å²) in [5.41, 5.74) is 3.55. The van der Waals surface area contributed by atoms with Crippen molar-refractivity contribution in [3.8, 4) is 0 Å². The lowest BCUT2D eigenvalue weighted by Gasteiger charge is -2.08. The Labute approximate surface area is 127 Å². The van der Waals surface area contributed by atoms with Crippen molar-refractivity contribution in [1.29, 1.82) is 0 Å². The third kappa shape index (κ3) is 2.90. The summed E-state index contributed by atoms with van der Waals surface area (Å²) in [4.78, 5) is 16.4. The van der Waals surface area contributed by atoms with Crippen molar-refractivity contribution < 1.29 is 4.79 Å². The maximum atomic E-state index is 12.1. The van der Waals surface area contributed by atoms with Gasteiger partial charge in [-0.05, 0) is 42.8 Å². The molecule has 0 unspecified atom stereocenters. The Morgan fingerprint density at radius 2 is 1.90 bits per heavy atom. The zero-order chi connectivity index (χ0) is 14.8. The van der Waals surface area contributed by atoms with E-state index in [-0.39, 0.29) is 12.5 Å². The molecule has 3 rings (SSSR count). The number of hydrogen-bond donors (Lipinski definition) is 1. The largest absolute Gasteiger partial charge is 0.325 e. The summed E-state index contributed by atoms with van der Waals surface area (Å²) in [5.74, 6) is -0.135. The van der Waals surface area contributed by atoms with E-state index in [1.807, 2.05) is 55.5 Å². The van der Waals surface area contributed by atoms with Crippen molar-refractivity contribution in [2.24, 2.45) is 0 Å². The molecule has 4 nitrogen and oxygen atoms in total. The highest BCUT2D eigenvalue weighted by Crippen LogP contribution is 2.19. The fraction of sp³-hybridized carbons (Fsp3) is 0.125. The number of nitrogens with one attached hydrogen (secondary N) is 1. The Morgan fingerprint density at radius 3 is 2.67 bits per heavy atom. The summed E-state index contributed by atoms with van der Waals surface area (Å²) in [6.07, 6.45) is 0. The van der Waals surface area contributed by atoms with Gasteiger partial charge in [-0.25, -0.2) is 4.98 Å². The molecule has 0 bridgehead atoms. The number of rotatable bonds is 3. The minimum absolute atomic E-state index is 0.132. The number of benzene rings is 2. The molecule has 1 N–H and O–H groups in total. The normalized spacial score (nSPS) is 10.8. The van der Waals surface area contributed by atoms with Crippen LogP contribution in [0.4, 0.5) is 5.69 Å². The number of para-hydroxylation sites is 2. The second-order valence-corrected chi connectivity index (χ2v) is 5.21. The van der Waals surface area contributed by atoms with Crippen LogP contribution in [0.15, 0.2) is 48.5 Å². The van der Waals surface area contributed by atoms with Crippen molar-refractivity contribution in [3.63, 3.8) is 0 Å². The lowest BCUT2D eigenvalue weighted by atomic mass is 10.2. The van der Waals surface area contributed by atoms with Gasteiger partial charge in [-0.2, -0.15) is 0 Å². The van der Waals surface area contributed by atoms with Crippen LogP contribution in [0.3, 0.4) is 0 Å². The maximum absolute atomic E-state index is 12.1. The predicted octanol–water partition coefficient (Wildman–Crippen LogP) is 3.64. The van der Waals surface area contributed by atoms with Crippen molar-refractivity contribution in [3.05, 3.63) is 59.4 Å². The maximum Gasteiger partial charge on any atom is 0.244 e. The van der Waals surface area contributed by atoms with E-state index in [0.717, 1.165) is 22.3 Å². The first kappa shape index (κ1) is 13.6. The molecular formula is C16H14ClN3O. The number of aromatic nitrogens is 2. The highest BCUT2D eigenvalue weighted by Gasteiger charge is 2.11. The Balaban J connectivity index is 1.80. The van der Waals surface area contributed by atoms with Crippen LogP contribution in [0.1, 0.15) is 5.56 Å². The smallest absolute Gasteiger partial charge is 0.244 e. The number of aryl methyl sites for hydroxylation is 1. The number of carbonyl (C=O) groups excluding carboxylic acids is 1. The summed E-state index contributed by atoms with van der Waals surface area (Å²) >= 11 is 6.11. The summed E-state index contributed by atoms with van der Waals surface area (Å²) in [7, 11) is 0. The number of anilines is 1. The Bertz CT molecular complexity index is 793. The van der Waals surface area contributed by atoms with E-state index >= 15 is 0 Å². The fourth-order valence-corrected chi connectivity index (χ4v) is 2.42. The van der Waals surface area contributed by atoms with Gasteiger partial charge in [0.05, 0.1) is 11.0 Å². The second-order valence-electron chi connectivity index (χ2n) is 4.87. The zero-order valence-electron chi connectivity index (χ0n) is 11.5. The van der Waals surface area contributed by atoms with Crippen molar-refractivity contribution in [2.45, 2.75) is 13.5 Å². The first-order valence-electron chi connectivity index (χ1n) is 6.61. The van der Waals surface area contributed by atoms with Crippen LogP contribution in [0.2, 0.25) is 5.28 Å². The molecule has 0 saturated heterocycles. The van der Waals surface area contributed by atoms with Gasteiger partial charge in [0.25, 0.3) is 0 Å². The third-order valence-corrected chi connectivity index (χ3v) is 3.53. The highest BCUT2D eigenvalue weighted by molar-refractivity contribution is 6.29. The van der Waals surface area contributed by atoms with Gasteiger partial charge in [0.15, 0.2) is 0 Å². The second kappa shape index (κ2) is 5.58. The molecular weight excluding hydrogens is 286 g/mol. The van der Waals surface area contributed by atoms with Crippen LogP contribution in [0.25, 0.3) is 11.0 Å². The molecule has 0 radical (unpaired) electrons. The molecule has 0 fully saturated rings. The Kier molecular flexibility index (Phi) is 3.62. The van der Waals surface area contributed by atoms with E-state index in [1.54, 1.807) is 4.57 Å². The standard InChI is InChI=1S/C16H14ClN3O/c1-11-6-8-12(9-7-11)18-15(21)10-20-14-5-3-2-4-13(14)19-16(20)17/h2-9H,10H2,1H3,(H,18,21). The molecule has 5 heteroatoms. The predicted molar refractivity (Wildman–Crippen MR) is 84.6 cm³/mol. The Hall–Kier alpha value is -2.33. The Morgan fingerprint density at radius 1 is 1.19 bits per heavy atom. The molecule has 2 aromatic carbocycles. The number of hydrogen-bond acceptors (Lipinski definition) is 2. The summed E-state index contributed by atoms with van der Waals surface area (Å²) in [5, 5.41) is 3.17. The number of amides is 1. The van der Waals surface area contributed by atoms with Gasteiger partial charge in [-0.15, -0.1) is 0 Å². The number of carbonyl (C=O) groups is 1. The van der Waals surface area contributed by atoms with Crippen LogP contribution >= 0.6 is 11.6 Å². The molecule has 0 aliphatic heterocycles. The molecule has 21 heavy (non-hydrogen) atoms. The van der Waals surface area contributed by atoms with Gasteiger partial charge in [-0.1, -0.05) is 29.8 Å². The number of imidazole rings is 1. The highest BCUT2D eigenvalue weighted by atomic mass is 35.5. The molecule has 1 amide bonds. The summed E-state index contributed by atoms with van der Waals surface area (Å²) in [6.45, 7) is 2.14. The first-order chi connectivity index (χ1) is 10.1. The molecule has 0 atom stereocenters. The topological polar surface area (TPSA) is 46.9 Å². The van der Waals surface area contributed by atoms with Gasteiger partial charge >= 0.3 is 0 Å². The molecule has 0 spiro atoms. The number of halogens is 1.